The molecule has 2 N–H and O–H groups in total. The summed E-state index contributed by atoms with van der Waals surface area (Å²) in [5.41, 5.74) is 7.89. The molecule has 4 heteroatoms. The van der Waals surface area contributed by atoms with Crippen molar-refractivity contribution in [3.8, 4) is 0 Å². The lowest BCUT2D eigenvalue weighted by molar-refractivity contribution is 0.883. The Bertz CT molecular complexity index is 361. The zero-order chi connectivity index (χ0) is 12.6. The SMILES string of the molecule is CC.CC/C=C/N=C(N)n1ncc(C)c1C. The van der Waals surface area contributed by atoms with Crippen molar-refractivity contribution in [1.29, 1.82) is 0 Å². The number of aryl methyl sites for hydroxylation is 1. The molecule has 0 bridgehead atoms. The van der Waals surface area contributed by atoms with Crippen LogP contribution in [0.2, 0.25) is 0 Å². The highest BCUT2D eigenvalue weighted by Gasteiger charge is 2.03. The number of aliphatic imine (C=N–C) groups is 1. The molecule has 0 atom stereocenters. The van der Waals surface area contributed by atoms with Crippen molar-refractivity contribution in [1.82, 2.24) is 9.78 Å². The third kappa shape index (κ3) is 3.88. The van der Waals surface area contributed by atoms with Gasteiger partial charge in [-0.3, -0.25) is 0 Å². The van der Waals surface area contributed by atoms with E-state index in [1.54, 1.807) is 17.1 Å². The molecule has 1 rings (SSSR count). The van der Waals surface area contributed by atoms with Gasteiger partial charge in [-0.1, -0.05) is 26.8 Å². The third-order valence-electron chi connectivity index (χ3n) is 2.02. The van der Waals surface area contributed by atoms with Crippen LogP contribution in [0.1, 0.15) is 38.4 Å². The summed E-state index contributed by atoms with van der Waals surface area (Å²) < 4.78 is 1.63. The Morgan fingerprint density at radius 1 is 1.50 bits per heavy atom. The van der Waals surface area contributed by atoms with Crippen LogP contribution in [0.3, 0.4) is 0 Å². The summed E-state index contributed by atoms with van der Waals surface area (Å²) in [7, 11) is 0. The van der Waals surface area contributed by atoms with Gasteiger partial charge in [0, 0.05) is 11.9 Å². The summed E-state index contributed by atoms with van der Waals surface area (Å²) in [6.07, 6.45) is 6.37. The van der Waals surface area contributed by atoms with E-state index in [1.165, 1.54) is 0 Å². The lowest BCUT2D eigenvalue weighted by Gasteiger charge is -2.01. The molecule has 0 saturated heterocycles. The monoisotopic (exact) mass is 222 g/mol. The van der Waals surface area contributed by atoms with Crippen LogP contribution >= 0.6 is 0 Å². The maximum Gasteiger partial charge on any atom is 0.221 e. The van der Waals surface area contributed by atoms with Gasteiger partial charge in [-0.15, -0.1) is 0 Å². The largest absolute Gasteiger partial charge is 0.368 e. The fraction of sp³-hybridized carbons (Fsp3) is 0.500. The first kappa shape index (κ1) is 14.4. The zero-order valence-electron chi connectivity index (χ0n) is 10.9. The highest BCUT2D eigenvalue weighted by Crippen LogP contribution is 2.03. The molecule has 0 aliphatic carbocycles. The van der Waals surface area contributed by atoms with Gasteiger partial charge in [0.25, 0.3) is 0 Å². The Labute approximate surface area is 97.9 Å². The molecule has 0 spiro atoms. The molecule has 0 aromatic carbocycles. The Morgan fingerprint density at radius 2 is 2.12 bits per heavy atom. The molecule has 0 aliphatic rings. The molecule has 0 fully saturated rings. The van der Waals surface area contributed by atoms with E-state index in [1.807, 2.05) is 40.7 Å². The van der Waals surface area contributed by atoms with Crippen molar-refractivity contribution in [2.75, 3.05) is 0 Å². The minimum atomic E-state index is 0.403. The smallest absolute Gasteiger partial charge is 0.221 e. The highest BCUT2D eigenvalue weighted by molar-refractivity contribution is 5.80. The molecule has 0 radical (unpaired) electrons. The zero-order valence-corrected chi connectivity index (χ0v) is 10.9. The number of allylic oxidation sites excluding steroid dienone is 1. The van der Waals surface area contributed by atoms with E-state index < -0.39 is 0 Å². The maximum atomic E-state index is 5.75. The standard InChI is InChI=1S/C10H16N4.C2H6/c1-4-5-6-12-10(11)14-9(3)8(2)7-13-14;1-2/h5-7H,4H2,1-3H3,(H2,11,12);1-2H3/b6-5+;. The van der Waals surface area contributed by atoms with Crippen LogP contribution in [0, 0.1) is 13.8 Å². The second kappa shape index (κ2) is 7.68. The summed E-state index contributed by atoms with van der Waals surface area (Å²) in [6, 6.07) is 0. The summed E-state index contributed by atoms with van der Waals surface area (Å²) >= 11 is 0. The number of hydrogen-bond acceptors (Lipinski definition) is 2. The van der Waals surface area contributed by atoms with Crippen molar-refractivity contribution in [3.05, 3.63) is 29.7 Å². The van der Waals surface area contributed by atoms with E-state index in [-0.39, 0.29) is 0 Å². The quantitative estimate of drug-likeness (QED) is 0.617. The van der Waals surface area contributed by atoms with E-state index in [4.69, 9.17) is 5.73 Å². The van der Waals surface area contributed by atoms with Crippen LogP contribution in [0.15, 0.2) is 23.5 Å². The lowest BCUT2D eigenvalue weighted by Crippen LogP contribution is -2.24. The Kier molecular flexibility index (Phi) is 6.92. The van der Waals surface area contributed by atoms with E-state index >= 15 is 0 Å². The second-order valence-corrected chi connectivity index (χ2v) is 3.11. The molecule has 1 aromatic rings. The molecule has 4 nitrogen and oxygen atoms in total. The fourth-order valence-corrected chi connectivity index (χ4v) is 1.01. The van der Waals surface area contributed by atoms with Gasteiger partial charge in [-0.2, -0.15) is 5.10 Å². The van der Waals surface area contributed by atoms with Gasteiger partial charge in [0.2, 0.25) is 5.96 Å². The molecule has 0 aliphatic heterocycles. The van der Waals surface area contributed by atoms with Gasteiger partial charge in [-0.05, 0) is 25.8 Å². The molecular formula is C12H22N4. The predicted molar refractivity (Wildman–Crippen MR) is 69.5 cm³/mol. The van der Waals surface area contributed by atoms with Gasteiger partial charge >= 0.3 is 0 Å². The highest BCUT2D eigenvalue weighted by atomic mass is 15.3. The Balaban J connectivity index is 0.00000106. The normalized spacial score (nSPS) is 11.4. The van der Waals surface area contributed by atoms with Crippen molar-refractivity contribution in [3.63, 3.8) is 0 Å². The summed E-state index contributed by atoms with van der Waals surface area (Å²) in [6.45, 7) is 10.0. The van der Waals surface area contributed by atoms with E-state index in [9.17, 15) is 0 Å². The summed E-state index contributed by atoms with van der Waals surface area (Å²) in [4.78, 5) is 4.07. The first-order valence-corrected chi connectivity index (χ1v) is 5.66. The topological polar surface area (TPSA) is 56.2 Å². The second-order valence-electron chi connectivity index (χ2n) is 3.11. The number of rotatable bonds is 2. The van der Waals surface area contributed by atoms with Crippen molar-refractivity contribution in [2.45, 2.75) is 41.0 Å². The number of nitrogens with zero attached hydrogens (tertiary/aromatic N) is 3. The van der Waals surface area contributed by atoms with Crippen LogP contribution in [-0.2, 0) is 0 Å². The predicted octanol–water partition coefficient (Wildman–Crippen LogP) is 2.61. The minimum Gasteiger partial charge on any atom is -0.368 e. The van der Waals surface area contributed by atoms with Crippen molar-refractivity contribution >= 4 is 5.96 Å². The molecule has 0 amide bonds. The van der Waals surface area contributed by atoms with Gasteiger partial charge in [0.05, 0.1) is 6.20 Å². The Morgan fingerprint density at radius 3 is 2.56 bits per heavy atom. The van der Waals surface area contributed by atoms with Gasteiger partial charge in [0.15, 0.2) is 0 Å². The summed E-state index contributed by atoms with van der Waals surface area (Å²) in [5.74, 6) is 0.403. The van der Waals surface area contributed by atoms with E-state index in [0.29, 0.717) is 5.96 Å². The van der Waals surface area contributed by atoms with Gasteiger partial charge in [-0.25, -0.2) is 9.67 Å². The van der Waals surface area contributed by atoms with Crippen LogP contribution in [-0.4, -0.2) is 15.7 Å². The van der Waals surface area contributed by atoms with Crippen molar-refractivity contribution < 1.29 is 0 Å². The average Bonchev–Trinajstić information content (AvgIpc) is 2.63. The minimum absolute atomic E-state index is 0.403. The molecular weight excluding hydrogens is 200 g/mol. The summed E-state index contributed by atoms with van der Waals surface area (Å²) in [5, 5.41) is 4.12. The van der Waals surface area contributed by atoms with Gasteiger partial charge < -0.3 is 5.73 Å². The molecule has 0 unspecified atom stereocenters. The molecule has 90 valence electrons. The third-order valence-corrected chi connectivity index (χ3v) is 2.02. The van der Waals surface area contributed by atoms with Gasteiger partial charge in [0.1, 0.15) is 0 Å². The molecule has 16 heavy (non-hydrogen) atoms. The van der Waals surface area contributed by atoms with Crippen LogP contribution < -0.4 is 5.73 Å². The number of nitrogens with two attached hydrogens (primary N) is 1. The van der Waals surface area contributed by atoms with Crippen LogP contribution in [0.5, 0.6) is 0 Å². The van der Waals surface area contributed by atoms with E-state index in [2.05, 4.69) is 10.1 Å². The number of aromatic nitrogens is 2. The maximum absolute atomic E-state index is 5.75. The molecule has 1 heterocycles. The molecule has 1 aromatic heterocycles. The number of hydrogen-bond donors (Lipinski definition) is 1. The molecule has 0 saturated carbocycles. The first-order chi connectivity index (χ1) is 7.66. The van der Waals surface area contributed by atoms with Crippen LogP contribution in [0.4, 0.5) is 0 Å². The average molecular weight is 222 g/mol. The first-order valence-electron chi connectivity index (χ1n) is 5.66. The fourth-order valence-electron chi connectivity index (χ4n) is 1.01. The Hall–Kier alpha value is -1.58. The van der Waals surface area contributed by atoms with Crippen molar-refractivity contribution in [2.24, 2.45) is 10.7 Å². The van der Waals surface area contributed by atoms with E-state index in [0.717, 1.165) is 17.7 Å². The lowest BCUT2D eigenvalue weighted by atomic mass is 10.3. The van der Waals surface area contributed by atoms with Crippen LogP contribution in [0.25, 0.3) is 0 Å².